The zero-order valence-corrected chi connectivity index (χ0v) is 20.9. The predicted molar refractivity (Wildman–Crippen MR) is 128 cm³/mol. The van der Waals surface area contributed by atoms with Gasteiger partial charge in [0.1, 0.15) is 0 Å². The lowest BCUT2D eigenvalue weighted by Crippen LogP contribution is -2.50. The van der Waals surface area contributed by atoms with Gasteiger partial charge in [0, 0.05) is 0 Å². The summed E-state index contributed by atoms with van der Waals surface area (Å²) in [4.78, 5) is 0. The summed E-state index contributed by atoms with van der Waals surface area (Å²) in [5.41, 5.74) is 2.59. The van der Waals surface area contributed by atoms with E-state index in [1.807, 2.05) is 0 Å². The summed E-state index contributed by atoms with van der Waals surface area (Å²) < 4.78 is 0. The first-order valence-corrected chi connectivity index (χ1v) is 13.6. The molecule has 0 saturated heterocycles. The van der Waals surface area contributed by atoms with Gasteiger partial charge < -0.3 is 5.11 Å². The average Bonchev–Trinajstić information content (AvgIpc) is 3.06. The van der Waals surface area contributed by atoms with E-state index in [9.17, 15) is 5.11 Å². The maximum Gasteiger partial charge on any atom is 0.0577 e. The van der Waals surface area contributed by atoms with Gasteiger partial charge in [0.05, 0.1) is 6.10 Å². The van der Waals surface area contributed by atoms with Gasteiger partial charge in [-0.2, -0.15) is 0 Å². The summed E-state index contributed by atoms with van der Waals surface area (Å²) >= 11 is 0. The fourth-order valence-electron chi connectivity index (χ4n) is 9.30. The number of allylic oxidation sites excluding steroid dienone is 1. The third-order valence-corrected chi connectivity index (χ3v) is 11.3. The van der Waals surface area contributed by atoms with Crippen molar-refractivity contribution in [3.05, 3.63) is 11.6 Å². The lowest BCUT2D eigenvalue weighted by atomic mass is 9.47. The molecule has 1 heteroatoms. The second kappa shape index (κ2) is 8.57. The van der Waals surface area contributed by atoms with Crippen LogP contribution in [0.15, 0.2) is 11.6 Å². The molecule has 3 saturated carbocycles. The number of aliphatic hydroxyl groups excluding tert-OH is 1. The second-order valence-corrected chi connectivity index (χ2v) is 12.9. The second-order valence-electron chi connectivity index (χ2n) is 12.9. The summed E-state index contributed by atoms with van der Waals surface area (Å²) in [7, 11) is 0. The van der Waals surface area contributed by atoms with E-state index in [0.29, 0.717) is 10.8 Å². The number of hydrogen-bond acceptors (Lipinski definition) is 1. The molecule has 0 heterocycles. The van der Waals surface area contributed by atoms with Gasteiger partial charge in [0.15, 0.2) is 0 Å². The van der Waals surface area contributed by atoms with E-state index < -0.39 is 0 Å². The SMILES string of the molecule is CC[C@@H](CC[C@@H](C)[C@H]1CC[C@H]2[C@@H]3CC=C4C[C@@H](O)CC[C@]4(C)[C@@H]3CC[C@]12C)C(C)C. The van der Waals surface area contributed by atoms with Crippen molar-refractivity contribution in [3.63, 3.8) is 0 Å². The smallest absolute Gasteiger partial charge is 0.0577 e. The molecule has 4 rings (SSSR count). The van der Waals surface area contributed by atoms with Crippen molar-refractivity contribution in [2.45, 2.75) is 118 Å². The highest BCUT2D eigenvalue weighted by Gasteiger charge is 2.59. The molecular formula is C29H50O. The van der Waals surface area contributed by atoms with Gasteiger partial charge in [-0.3, -0.25) is 0 Å². The minimum absolute atomic E-state index is 0.0794. The lowest BCUT2D eigenvalue weighted by molar-refractivity contribution is -0.0575. The Balaban J connectivity index is 1.47. The van der Waals surface area contributed by atoms with Crippen LogP contribution < -0.4 is 0 Å². The zero-order valence-electron chi connectivity index (χ0n) is 20.9. The third kappa shape index (κ3) is 3.74. The van der Waals surface area contributed by atoms with Crippen molar-refractivity contribution in [1.82, 2.24) is 0 Å². The Bertz CT molecular complexity index is 634. The number of aliphatic hydroxyl groups is 1. The summed E-state index contributed by atoms with van der Waals surface area (Å²) in [6, 6.07) is 0. The van der Waals surface area contributed by atoms with E-state index in [1.54, 1.807) is 5.57 Å². The normalized spacial score (nSPS) is 45.3. The van der Waals surface area contributed by atoms with E-state index in [2.05, 4.69) is 47.6 Å². The summed E-state index contributed by atoms with van der Waals surface area (Å²) in [5, 5.41) is 10.2. The maximum absolute atomic E-state index is 10.2. The Kier molecular flexibility index (Phi) is 6.53. The number of rotatable bonds is 6. The molecule has 30 heavy (non-hydrogen) atoms. The Morgan fingerprint density at radius 2 is 1.77 bits per heavy atom. The van der Waals surface area contributed by atoms with Crippen LogP contribution in [0.3, 0.4) is 0 Å². The highest BCUT2D eigenvalue weighted by Crippen LogP contribution is 2.67. The molecule has 172 valence electrons. The van der Waals surface area contributed by atoms with Crippen LogP contribution in [-0.4, -0.2) is 11.2 Å². The first kappa shape index (κ1) is 22.9. The van der Waals surface area contributed by atoms with Gasteiger partial charge in [-0.1, -0.05) is 66.0 Å². The molecule has 0 radical (unpaired) electrons. The van der Waals surface area contributed by atoms with Gasteiger partial charge in [-0.25, -0.2) is 0 Å². The Hall–Kier alpha value is -0.300. The van der Waals surface area contributed by atoms with Gasteiger partial charge in [0.25, 0.3) is 0 Å². The standard InChI is InChI=1S/C29H50O/c1-7-21(19(2)3)9-8-20(4)25-12-13-26-24-11-10-22-18-23(30)14-16-28(22,5)27(24)15-17-29(25,26)6/h10,19-21,23-27,30H,7-9,11-18H2,1-6H3/t20-,21+,23+,24+,25-,26+,27-,28+,29-/m1/s1. The van der Waals surface area contributed by atoms with Crippen molar-refractivity contribution >= 4 is 0 Å². The van der Waals surface area contributed by atoms with E-state index >= 15 is 0 Å². The molecule has 0 amide bonds. The Morgan fingerprint density at radius 1 is 1.00 bits per heavy atom. The first-order valence-electron chi connectivity index (χ1n) is 13.6. The molecular weight excluding hydrogens is 364 g/mol. The van der Waals surface area contributed by atoms with Crippen LogP contribution in [-0.2, 0) is 0 Å². The van der Waals surface area contributed by atoms with Crippen molar-refractivity contribution < 1.29 is 5.11 Å². The molecule has 0 unspecified atom stereocenters. The molecule has 0 aromatic heterocycles. The van der Waals surface area contributed by atoms with E-state index in [1.165, 1.54) is 57.8 Å². The number of fused-ring (bicyclic) bond motifs is 5. The Labute approximate surface area is 187 Å². The molecule has 0 spiro atoms. The van der Waals surface area contributed by atoms with Crippen LogP contribution in [0.4, 0.5) is 0 Å². The van der Waals surface area contributed by atoms with E-state index in [0.717, 1.165) is 54.3 Å². The molecule has 4 aliphatic carbocycles. The summed E-state index contributed by atoms with van der Waals surface area (Å²) in [5.74, 6) is 6.31. The van der Waals surface area contributed by atoms with Crippen LogP contribution in [0, 0.1) is 52.3 Å². The lowest BCUT2D eigenvalue weighted by Gasteiger charge is -2.58. The quantitative estimate of drug-likeness (QED) is 0.436. The molecule has 1 nitrogen and oxygen atoms in total. The first-order chi connectivity index (χ1) is 14.2. The highest BCUT2D eigenvalue weighted by atomic mass is 16.3. The fraction of sp³-hybridized carbons (Fsp3) is 0.931. The molecule has 0 bridgehead atoms. The molecule has 0 aromatic carbocycles. The topological polar surface area (TPSA) is 20.2 Å². The average molecular weight is 415 g/mol. The minimum atomic E-state index is -0.0794. The minimum Gasteiger partial charge on any atom is -0.393 e. The molecule has 1 N–H and O–H groups in total. The predicted octanol–water partition coefficient (Wildman–Crippen LogP) is 8.02. The van der Waals surface area contributed by atoms with Crippen molar-refractivity contribution in [2.24, 2.45) is 52.3 Å². The van der Waals surface area contributed by atoms with E-state index in [4.69, 9.17) is 0 Å². The molecule has 9 atom stereocenters. The van der Waals surface area contributed by atoms with Crippen molar-refractivity contribution in [1.29, 1.82) is 0 Å². The molecule has 0 aromatic rings. The van der Waals surface area contributed by atoms with Gasteiger partial charge in [0.2, 0.25) is 0 Å². The van der Waals surface area contributed by atoms with Gasteiger partial charge >= 0.3 is 0 Å². The Morgan fingerprint density at radius 3 is 2.47 bits per heavy atom. The van der Waals surface area contributed by atoms with Crippen LogP contribution in [0.5, 0.6) is 0 Å². The van der Waals surface area contributed by atoms with Crippen molar-refractivity contribution in [3.8, 4) is 0 Å². The largest absolute Gasteiger partial charge is 0.393 e. The van der Waals surface area contributed by atoms with Crippen LogP contribution in [0.1, 0.15) is 112 Å². The van der Waals surface area contributed by atoms with E-state index in [-0.39, 0.29) is 6.10 Å². The zero-order chi connectivity index (χ0) is 21.7. The monoisotopic (exact) mass is 414 g/mol. The van der Waals surface area contributed by atoms with Crippen LogP contribution in [0.2, 0.25) is 0 Å². The van der Waals surface area contributed by atoms with Crippen LogP contribution in [0.25, 0.3) is 0 Å². The highest BCUT2D eigenvalue weighted by molar-refractivity contribution is 5.25. The summed E-state index contributed by atoms with van der Waals surface area (Å²) in [6.45, 7) is 15.1. The molecule has 3 fully saturated rings. The van der Waals surface area contributed by atoms with Gasteiger partial charge in [-0.15, -0.1) is 0 Å². The fourth-order valence-corrected chi connectivity index (χ4v) is 9.30. The third-order valence-electron chi connectivity index (χ3n) is 11.3. The molecule has 4 aliphatic rings. The van der Waals surface area contributed by atoms with Gasteiger partial charge in [-0.05, 0) is 110 Å². The number of hydrogen-bond donors (Lipinski definition) is 1. The molecule has 0 aliphatic heterocycles. The van der Waals surface area contributed by atoms with Crippen LogP contribution >= 0.6 is 0 Å². The summed E-state index contributed by atoms with van der Waals surface area (Å²) in [6.07, 6.45) is 17.1. The van der Waals surface area contributed by atoms with Crippen molar-refractivity contribution in [2.75, 3.05) is 0 Å². The maximum atomic E-state index is 10.2.